The predicted molar refractivity (Wildman–Crippen MR) is 125 cm³/mol. The van der Waals surface area contributed by atoms with Crippen LogP contribution in [0.25, 0.3) is 6.08 Å². The molecule has 1 atom stereocenters. The zero-order chi connectivity index (χ0) is 23.7. The number of nitrogens with zero attached hydrogens (tertiary/aromatic N) is 3. The monoisotopic (exact) mass is 483 g/mol. The third-order valence-electron chi connectivity index (χ3n) is 5.08. The van der Waals surface area contributed by atoms with Crippen molar-refractivity contribution in [3.63, 3.8) is 0 Å². The molecule has 0 amide bonds. The van der Waals surface area contributed by atoms with Gasteiger partial charge in [-0.1, -0.05) is 47.2 Å². The van der Waals surface area contributed by atoms with Crippen LogP contribution in [0.5, 0.6) is 0 Å². The van der Waals surface area contributed by atoms with Crippen molar-refractivity contribution in [2.45, 2.75) is 19.9 Å². The summed E-state index contributed by atoms with van der Waals surface area (Å²) in [5, 5.41) is 11.6. The molecular weight excluding hydrogens is 466 g/mol. The molecule has 33 heavy (non-hydrogen) atoms. The number of benzene rings is 2. The Hall–Kier alpha value is -3.56. The van der Waals surface area contributed by atoms with Gasteiger partial charge in [-0.05, 0) is 43.2 Å². The largest absolute Gasteiger partial charge is 0.463 e. The first-order valence-corrected chi connectivity index (χ1v) is 11.2. The Morgan fingerprint density at radius 3 is 2.70 bits per heavy atom. The molecule has 0 radical (unpaired) electrons. The van der Waals surface area contributed by atoms with Gasteiger partial charge in [-0.15, -0.1) is 0 Å². The van der Waals surface area contributed by atoms with Crippen LogP contribution in [0.2, 0.25) is 5.02 Å². The molecule has 2 heterocycles. The molecule has 4 rings (SSSR count). The van der Waals surface area contributed by atoms with Crippen LogP contribution in [-0.4, -0.2) is 22.1 Å². The number of fused-ring (bicyclic) bond motifs is 1. The minimum Gasteiger partial charge on any atom is -0.463 e. The smallest absolute Gasteiger partial charge is 0.338 e. The van der Waals surface area contributed by atoms with Gasteiger partial charge in [0.05, 0.1) is 33.4 Å². The molecule has 0 N–H and O–H groups in total. The fourth-order valence-corrected chi connectivity index (χ4v) is 4.80. The van der Waals surface area contributed by atoms with E-state index in [0.29, 0.717) is 31.2 Å². The number of carbonyl (C=O) groups is 1. The molecule has 8 nitrogen and oxygen atoms in total. The van der Waals surface area contributed by atoms with E-state index in [4.69, 9.17) is 16.3 Å². The highest BCUT2D eigenvalue weighted by molar-refractivity contribution is 7.07. The zero-order valence-electron chi connectivity index (χ0n) is 17.6. The number of aromatic nitrogens is 1. The highest BCUT2D eigenvalue weighted by Gasteiger charge is 2.33. The van der Waals surface area contributed by atoms with Crippen LogP contribution in [0.15, 0.2) is 69.6 Å². The summed E-state index contributed by atoms with van der Waals surface area (Å²) in [6, 6.07) is 12.1. The van der Waals surface area contributed by atoms with Crippen LogP contribution < -0.4 is 14.9 Å². The number of rotatable bonds is 5. The number of non-ortho nitro benzene ring substituents is 1. The molecule has 10 heteroatoms. The number of ether oxygens (including phenoxy) is 1. The first-order chi connectivity index (χ1) is 15.8. The standard InChI is InChI=1S/C23H18ClN3O5S/c1-3-32-22(29)19-13(2)25-23-26(20(19)15-7-9-16(24)10-8-15)21(28)18(33-23)12-14-5-4-6-17(11-14)27(30)31/h4-12,20H,3H2,1-2H3. The van der Waals surface area contributed by atoms with Crippen LogP contribution in [0.1, 0.15) is 31.0 Å². The van der Waals surface area contributed by atoms with E-state index in [0.717, 1.165) is 11.3 Å². The Kier molecular flexibility index (Phi) is 6.26. The number of esters is 1. The molecule has 168 valence electrons. The molecular formula is C23H18ClN3O5S. The number of allylic oxidation sites excluding steroid dienone is 1. The molecule has 0 saturated heterocycles. The maximum Gasteiger partial charge on any atom is 0.338 e. The van der Waals surface area contributed by atoms with E-state index in [2.05, 4.69) is 4.99 Å². The first kappa shape index (κ1) is 22.6. The van der Waals surface area contributed by atoms with E-state index in [1.807, 2.05) is 0 Å². The van der Waals surface area contributed by atoms with Crippen molar-refractivity contribution in [3.8, 4) is 0 Å². The summed E-state index contributed by atoms with van der Waals surface area (Å²) in [6.45, 7) is 3.59. The summed E-state index contributed by atoms with van der Waals surface area (Å²) in [4.78, 5) is 41.8. The number of carbonyl (C=O) groups excluding carboxylic acids is 1. The van der Waals surface area contributed by atoms with Gasteiger partial charge in [0.1, 0.15) is 0 Å². The average molecular weight is 484 g/mol. The van der Waals surface area contributed by atoms with Crippen LogP contribution in [0.3, 0.4) is 0 Å². The maximum absolute atomic E-state index is 13.5. The fourth-order valence-electron chi connectivity index (χ4n) is 3.63. The molecule has 0 saturated carbocycles. The second kappa shape index (κ2) is 9.13. The summed E-state index contributed by atoms with van der Waals surface area (Å²) >= 11 is 7.20. The van der Waals surface area contributed by atoms with Gasteiger partial charge in [-0.2, -0.15) is 0 Å². The highest BCUT2D eigenvalue weighted by Crippen LogP contribution is 2.31. The highest BCUT2D eigenvalue weighted by atomic mass is 35.5. The molecule has 1 unspecified atom stereocenters. The lowest BCUT2D eigenvalue weighted by Crippen LogP contribution is -2.39. The van der Waals surface area contributed by atoms with Crippen LogP contribution in [-0.2, 0) is 9.53 Å². The van der Waals surface area contributed by atoms with Gasteiger partial charge in [-0.3, -0.25) is 19.5 Å². The summed E-state index contributed by atoms with van der Waals surface area (Å²) in [6.07, 6.45) is 1.58. The molecule has 1 aliphatic heterocycles. The Balaban J connectivity index is 1.94. The van der Waals surface area contributed by atoms with Crippen molar-refractivity contribution in [2.24, 2.45) is 4.99 Å². The van der Waals surface area contributed by atoms with Crippen molar-refractivity contribution in [2.75, 3.05) is 6.61 Å². The minimum absolute atomic E-state index is 0.0731. The lowest BCUT2D eigenvalue weighted by atomic mass is 9.96. The van der Waals surface area contributed by atoms with Gasteiger partial charge in [0.15, 0.2) is 4.80 Å². The number of nitro groups is 1. The lowest BCUT2D eigenvalue weighted by molar-refractivity contribution is -0.384. The Morgan fingerprint density at radius 1 is 1.30 bits per heavy atom. The second-order valence-corrected chi connectivity index (χ2v) is 8.65. The number of hydrogen-bond acceptors (Lipinski definition) is 7. The molecule has 0 fully saturated rings. The predicted octanol–water partition coefficient (Wildman–Crippen LogP) is 3.36. The summed E-state index contributed by atoms with van der Waals surface area (Å²) in [7, 11) is 0. The molecule has 0 aliphatic carbocycles. The minimum atomic E-state index is -0.746. The van der Waals surface area contributed by atoms with Gasteiger partial charge >= 0.3 is 5.97 Å². The lowest BCUT2D eigenvalue weighted by Gasteiger charge is -2.24. The van der Waals surface area contributed by atoms with Crippen LogP contribution >= 0.6 is 22.9 Å². The normalized spacial score (nSPS) is 15.7. The van der Waals surface area contributed by atoms with Crippen molar-refractivity contribution in [1.82, 2.24) is 4.57 Å². The van der Waals surface area contributed by atoms with E-state index in [1.54, 1.807) is 56.3 Å². The van der Waals surface area contributed by atoms with Gasteiger partial charge in [0, 0.05) is 17.2 Å². The van der Waals surface area contributed by atoms with Gasteiger partial charge in [0.2, 0.25) is 0 Å². The molecule has 3 aromatic rings. The molecule has 1 aliphatic rings. The molecule has 0 spiro atoms. The van der Waals surface area contributed by atoms with E-state index in [1.165, 1.54) is 16.7 Å². The van der Waals surface area contributed by atoms with Crippen LogP contribution in [0.4, 0.5) is 5.69 Å². The Morgan fingerprint density at radius 2 is 2.03 bits per heavy atom. The van der Waals surface area contributed by atoms with Crippen molar-refractivity contribution in [3.05, 3.63) is 106 Å². The van der Waals surface area contributed by atoms with Crippen LogP contribution in [0, 0.1) is 10.1 Å². The average Bonchev–Trinajstić information content (AvgIpc) is 3.08. The third kappa shape index (κ3) is 4.37. The van der Waals surface area contributed by atoms with Gasteiger partial charge < -0.3 is 4.74 Å². The van der Waals surface area contributed by atoms with Crippen molar-refractivity contribution in [1.29, 1.82) is 0 Å². The quantitative estimate of drug-likeness (QED) is 0.314. The topological polar surface area (TPSA) is 104 Å². The summed E-state index contributed by atoms with van der Waals surface area (Å²) < 4.78 is 7.05. The number of nitro benzene ring substituents is 1. The third-order valence-corrected chi connectivity index (χ3v) is 6.32. The SMILES string of the molecule is CCOC(=O)C1=C(C)N=c2sc(=Cc3cccc([N+](=O)[O-])c3)c(=O)n2C1c1ccc(Cl)cc1. The zero-order valence-corrected chi connectivity index (χ0v) is 19.2. The van der Waals surface area contributed by atoms with E-state index in [9.17, 15) is 19.7 Å². The summed E-state index contributed by atoms with van der Waals surface area (Å²) in [5.74, 6) is -0.549. The Bertz CT molecular complexity index is 1470. The maximum atomic E-state index is 13.5. The number of thiazole rings is 1. The fraction of sp³-hybridized carbons (Fsp3) is 0.174. The van der Waals surface area contributed by atoms with E-state index < -0.39 is 16.9 Å². The summed E-state index contributed by atoms with van der Waals surface area (Å²) in [5.41, 5.74) is 1.49. The number of halogens is 1. The molecule has 1 aromatic heterocycles. The van der Waals surface area contributed by atoms with Crippen molar-refractivity contribution >= 4 is 40.7 Å². The van der Waals surface area contributed by atoms with E-state index >= 15 is 0 Å². The first-order valence-electron chi connectivity index (χ1n) is 9.99. The molecule has 2 aromatic carbocycles. The van der Waals surface area contributed by atoms with Gasteiger partial charge in [0.25, 0.3) is 11.2 Å². The van der Waals surface area contributed by atoms with Gasteiger partial charge in [-0.25, -0.2) is 9.79 Å². The Labute approximate surface area is 196 Å². The molecule has 0 bridgehead atoms. The van der Waals surface area contributed by atoms with Crippen molar-refractivity contribution < 1.29 is 14.5 Å². The number of hydrogen-bond donors (Lipinski definition) is 0. The second-order valence-electron chi connectivity index (χ2n) is 7.21. The van der Waals surface area contributed by atoms with E-state index in [-0.39, 0.29) is 23.4 Å².